The monoisotopic (exact) mass is 290 g/mol. The van der Waals surface area contributed by atoms with Crippen molar-refractivity contribution in [3.05, 3.63) is 29.8 Å². The van der Waals surface area contributed by atoms with Crippen LogP contribution < -0.4 is 10.6 Å². The van der Waals surface area contributed by atoms with Gasteiger partial charge in [0.1, 0.15) is 0 Å². The van der Waals surface area contributed by atoms with E-state index < -0.39 is 12.1 Å². The molecule has 1 rings (SSSR count). The quantitative estimate of drug-likeness (QED) is 0.845. The van der Waals surface area contributed by atoms with Crippen LogP contribution in [0.25, 0.3) is 0 Å². The Kier molecular flexibility index (Phi) is 5.97. The maximum absolute atomic E-state index is 12.1. The average molecular weight is 290 g/mol. The van der Waals surface area contributed by atoms with Gasteiger partial charge < -0.3 is 15.4 Å². The summed E-state index contributed by atoms with van der Waals surface area (Å²) in [5.41, 5.74) is 0.889. The van der Waals surface area contributed by atoms with Gasteiger partial charge in [0.2, 0.25) is 0 Å². The summed E-state index contributed by atoms with van der Waals surface area (Å²) in [6, 6.07) is 6.25. The number of hydrogen-bond acceptors (Lipinski definition) is 3. The summed E-state index contributed by atoms with van der Waals surface area (Å²) in [7, 11) is 1.60. The molecule has 7 heteroatoms. The molecule has 0 aromatic heterocycles. The van der Waals surface area contributed by atoms with E-state index in [0.717, 1.165) is 5.56 Å². The van der Waals surface area contributed by atoms with E-state index in [1.165, 1.54) is 12.1 Å². The lowest BCUT2D eigenvalue weighted by Gasteiger charge is -2.12. The minimum Gasteiger partial charge on any atom is -0.380 e. The van der Waals surface area contributed by atoms with Crippen LogP contribution in [0.1, 0.15) is 12.5 Å². The highest BCUT2D eigenvalue weighted by molar-refractivity contribution is 5.94. The molecule has 1 unspecified atom stereocenters. The second-order valence-corrected chi connectivity index (χ2v) is 4.33. The Morgan fingerprint density at radius 2 is 2.10 bits per heavy atom. The lowest BCUT2D eigenvalue weighted by molar-refractivity contribution is -0.167. The topological polar surface area (TPSA) is 50.4 Å². The van der Waals surface area contributed by atoms with E-state index in [2.05, 4.69) is 5.32 Å². The Bertz CT molecular complexity index is 449. The lowest BCUT2D eigenvalue weighted by Crippen LogP contribution is -2.30. The van der Waals surface area contributed by atoms with Crippen LogP contribution in [0, 0.1) is 0 Å². The van der Waals surface area contributed by atoms with Crippen molar-refractivity contribution in [1.29, 1.82) is 0 Å². The first kappa shape index (κ1) is 16.5. The lowest BCUT2D eigenvalue weighted by atomic mass is 10.2. The van der Waals surface area contributed by atoms with Gasteiger partial charge in [0.25, 0.3) is 0 Å². The van der Waals surface area contributed by atoms with Crippen LogP contribution in [-0.4, -0.2) is 31.8 Å². The van der Waals surface area contributed by atoms with Crippen LogP contribution >= 0.6 is 0 Å². The summed E-state index contributed by atoms with van der Waals surface area (Å²) in [6.45, 7) is 2.99. The summed E-state index contributed by atoms with van der Waals surface area (Å²) in [6.07, 6.45) is -4.84. The first-order chi connectivity index (χ1) is 9.32. The van der Waals surface area contributed by atoms with E-state index in [0.29, 0.717) is 13.1 Å². The highest BCUT2D eigenvalue weighted by Gasteiger charge is 2.38. The normalized spacial score (nSPS) is 13.1. The summed E-state index contributed by atoms with van der Waals surface area (Å²) in [5.74, 6) is -1.98. The fraction of sp³-hybridized carbons (Fsp3) is 0.462. The summed E-state index contributed by atoms with van der Waals surface area (Å²) in [5, 5.41) is 4.92. The SMILES string of the molecule is COC(C)CNCc1cccc(NC(=O)C(F)(F)F)c1. The number of methoxy groups -OCH3 is 1. The van der Waals surface area contributed by atoms with Gasteiger partial charge in [0.15, 0.2) is 0 Å². The van der Waals surface area contributed by atoms with E-state index in [-0.39, 0.29) is 11.8 Å². The molecule has 112 valence electrons. The molecule has 0 radical (unpaired) electrons. The minimum absolute atomic E-state index is 0.0446. The van der Waals surface area contributed by atoms with E-state index in [1.54, 1.807) is 19.2 Å². The fourth-order valence-corrected chi connectivity index (χ4v) is 1.46. The predicted octanol–water partition coefficient (Wildman–Crippen LogP) is 2.31. The molecule has 1 aromatic rings. The van der Waals surface area contributed by atoms with E-state index in [4.69, 9.17) is 4.74 Å². The van der Waals surface area contributed by atoms with E-state index in [1.807, 2.05) is 12.2 Å². The largest absolute Gasteiger partial charge is 0.471 e. The van der Waals surface area contributed by atoms with Crippen LogP contribution in [-0.2, 0) is 16.1 Å². The minimum atomic E-state index is -4.89. The van der Waals surface area contributed by atoms with Crippen LogP contribution in [0.15, 0.2) is 24.3 Å². The smallest absolute Gasteiger partial charge is 0.380 e. The highest BCUT2D eigenvalue weighted by Crippen LogP contribution is 2.18. The van der Waals surface area contributed by atoms with Gasteiger partial charge in [-0.3, -0.25) is 4.79 Å². The summed E-state index contributed by atoms with van der Waals surface area (Å²) >= 11 is 0. The molecule has 0 bridgehead atoms. The number of nitrogens with one attached hydrogen (secondary N) is 2. The molecule has 0 aliphatic carbocycles. The number of benzene rings is 1. The van der Waals surface area contributed by atoms with Crippen molar-refractivity contribution in [2.24, 2.45) is 0 Å². The van der Waals surface area contributed by atoms with Crippen molar-refractivity contribution in [2.45, 2.75) is 25.7 Å². The standard InChI is InChI=1S/C13H17F3N2O2/c1-9(20-2)7-17-8-10-4-3-5-11(6-10)18-12(19)13(14,15)16/h3-6,9,17H,7-8H2,1-2H3,(H,18,19). The molecule has 0 aliphatic heterocycles. The third kappa shape index (κ3) is 5.58. The number of halogens is 3. The molecule has 20 heavy (non-hydrogen) atoms. The van der Waals surface area contributed by atoms with Crippen LogP contribution in [0.4, 0.5) is 18.9 Å². The first-order valence-electron chi connectivity index (χ1n) is 6.03. The Balaban J connectivity index is 2.56. The average Bonchev–Trinajstić information content (AvgIpc) is 2.38. The predicted molar refractivity (Wildman–Crippen MR) is 69.3 cm³/mol. The molecule has 0 saturated carbocycles. The number of carbonyl (C=O) groups excluding carboxylic acids is 1. The number of carbonyl (C=O) groups is 1. The van der Waals surface area contributed by atoms with Crippen LogP contribution in [0.3, 0.4) is 0 Å². The van der Waals surface area contributed by atoms with Crippen molar-refractivity contribution in [3.8, 4) is 0 Å². The Morgan fingerprint density at radius 1 is 1.40 bits per heavy atom. The third-order valence-electron chi connectivity index (χ3n) is 2.61. The van der Waals surface area contributed by atoms with Gasteiger partial charge in [0, 0.05) is 25.9 Å². The molecule has 0 heterocycles. The molecule has 0 fully saturated rings. The van der Waals surface area contributed by atoms with Crippen LogP contribution in [0.2, 0.25) is 0 Å². The maximum Gasteiger partial charge on any atom is 0.471 e. The molecule has 1 atom stereocenters. The molecule has 0 spiro atoms. The van der Waals surface area contributed by atoms with E-state index in [9.17, 15) is 18.0 Å². The zero-order valence-corrected chi connectivity index (χ0v) is 11.3. The number of hydrogen-bond donors (Lipinski definition) is 2. The Labute approximate surface area is 115 Å². The summed E-state index contributed by atoms with van der Waals surface area (Å²) < 4.78 is 41.4. The molecule has 1 aromatic carbocycles. The summed E-state index contributed by atoms with van der Waals surface area (Å²) in [4.78, 5) is 10.8. The maximum atomic E-state index is 12.1. The zero-order valence-electron chi connectivity index (χ0n) is 11.3. The second-order valence-electron chi connectivity index (χ2n) is 4.33. The zero-order chi connectivity index (χ0) is 15.2. The van der Waals surface area contributed by atoms with Crippen molar-refractivity contribution < 1.29 is 22.7 Å². The molecule has 4 nitrogen and oxygen atoms in total. The van der Waals surface area contributed by atoms with Gasteiger partial charge in [-0.15, -0.1) is 0 Å². The fourth-order valence-electron chi connectivity index (χ4n) is 1.46. The van der Waals surface area contributed by atoms with Gasteiger partial charge >= 0.3 is 12.1 Å². The number of anilines is 1. The van der Waals surface area contributed by atoms with Crippen LogP contribution in [0.5, 0.6) is 0 Å². The molecule has 0 saturated heterocycles. The number of alkyl halides is 3. The second kappa shape index (κ2) is 7.25. The van der Waals surface area contributed by atoms with E-state index >= 15 is 0 Å². The molecule has 1 amide bonds. The van der Waals surface area contributed by atoms with Crippen molar-refractivity contribution in [2.75, 3.05) is 19.0 Å². The van der Waals surface area contributed by atoms with Gasteiger partial charge in [-0.2, -0.15) is 13.2 Å². The Hall–Kier alpha value is -1.60. The molecule has 2 N–H and O–H groups in total. The third-order valence-corrected chi connectivity index (χ3v) is 2.61. The van der Waals surface area contributed by atoms with Crippen molar-refractivity contribution in [3.63, 3.8) is 0 Å². The number of ether oxygens (including phenoxy) is 1. The highest BCUT2D eigenvalue weighted by atomic mass is 19.4. The van der Waals surface area contributed by atoms with Crippen molar-refractivity contribution in [1.82, 2.24) is 5.32 Å². The van der Waals surface area contributed by atoms with Gasteiger partial charge in [-0.05, 0) is 24.6 Å². The first-order valence-corrected chi connectivity index (χ1v) is 6.03. The van der Waals surface area contributed by atoms with Gasteiger partial charge in [0.05, 0.1) is 6.10 Å². The van der Waals surface area contributed by atoms with Gasteiger partial charge in [-0.1, -0.05) is 12.1 Å². The Morgan fingerprint density at radius 3 is 2.70 bits per heavy atom. The van der Waals surface area contributed by atoms with Gasteiger partial charge in [-0.25, -0.2) is 0 Å². The number of rotatable bonds is 6. The molecular formula is C13H17F3N2O2. The van der Waals surface area contributed by atoms with Crippen molar-refractivity contribution >= 4 is 11.6 Å². The molecule has 0 aliphatic rings. The molecular weight excluding hydrogens is 273 g/mol. The number of amides is 1.